The number of allylic oxidation sites excluding steroid dienone is 4. The SMILES string of the molecule is C1=C=C(c2ccccc2)CCC(c2ccccc2)=C=C=C(c2ccccc2)CCC=1c1ccccc1. The lowest BCUT2D eigenvalue weighted by Gasteiger charge is -2.10. The van der Waals surface area contributed by atoms with Gasteiger partial charge in [-0.2, -0.15) is 0 Å². The minimum atomic E-state index is 0.846. The molecule has 1 aliphatic carbocycles. The van der Waals surface area contributed by atoms with E-state index < -0.39 is 0 Å². The van der Waals surface area contributed by atoms with Crippen LogP contribution in [0.25, 0.3) is 22.3 Å². The molecule has 1 aliphatic rings. The Balaban J connectivity index is 1.69. The predicted octanol–water partition coefficient (Wildman–Crippen LogP) is 9.40. The highest BCUT2D eigenvalue weighted by atomic mass is 14.1. The molecule has 0 aliphatic heterocycles. The maximum Gasteiger partial charge on any atom is 0.00998 e. The summed E-state index contributed by atoms with van der Waals surface area (Å²) < 4.78 is 0. The summed E-state index contributed by atoms with van der Waals surface area (Å²) in [6, 6.07) is 42.2. The zero-order chi connectivity index (χ0) is 24.4. The van der Waals surface area contributed by atoms with Gasteiger partial charge in [0, 0.05) is 22.3 Å². The van der Waals surface area contributed by atoms with Gasteiger partial charge in [-0.3, -0.25) is 0 Å². The van der Waals surface area contributed by atoms with E-state index in [0.29, 0.717) is 0 Å². The van der Waals surface area contributed by atoms with Gasteiger partial charge in [0.25, 0.3) is 0 Å². The quantitative estimate of drug-likeness (QED) is 0.266. The summed E-state index contributed by atoms with van der Waals surface area (Å²) in [5.74, 6) is 0. The second-order valence-electron chi connectivity index (χ2n) is 8.88. The molecule has 0 N–H and O–H groups in total. The minimum Gasteiger partial charge on any atom is -0.0658 e. The Morgan fingerprint density at radius 3 is 0.667 bits per heavy atom. The Bertz CT molecular complexity index is 1270. The van der Waals surface area contributed by atoms with Crippen LogP contribution < -0.4 is 0 Å². The van der Waals surface area contributed by atoms with Crippen molar-refractivity contribution >= 4 is 22.3 Å². The highest BCUT2D eigenvalue weighted by Crippen LogP contribution is 2.29. The number of benzene rings is 4. The zero-order valence-corrected chi connectivity index (χ0v) is 20.4. The topological polar surface area (TPSA) is 0 Å². The molecular formula is C36H28. The average Bonchev–Trinajstić information content (AvgIpc) is 2.95. The van der Waals surface area contributed by atoms with Gasteiger partial charge in [-0.15, -0.1) is 0 Å². The molecular weight excluding hydrogens is 432 g/mol. The van der Waals surface area contributed by atoms with Gasteiger partial charge in [0.2, 0.25) is 0 Å². The molecule has 172 valence electrons. The van der Waals surface area contributed by atoms with E-state index in [9.17, 15) is 0 Å². The first-order chi connectivity index (χ1) is 17.9. The third kappa shape index (κ3) is 5.93. The van der Waals surface area contributed by atoms with Gasteiger partial charge in [0.15, 0.2) is 0 Å². The Morgan fingerprint density at radius 1 is 0.278 bits per heavy atom. The van der Waals surface area contributed by atoms with E-state index in [1.807, 2.05) is 0 Å². The molecule has 0 aromatic heterocycles. The first kappa shape index (κ1) is 23.2. The summed E-state index contributed by atoms with van der Waals surface area (Å²) in [5, 5.41) is 0. The van der Waals surface area contributed by atoms with Crippen LogP contribution in [0.15, 0.2) is 144 Å². The van der Waals surface area contributed by atoms with Crippen LogP contribution in [0.1, 0.15) is 47.9 Å². The molecule has 5 rings (SSSR count). The van der Waals surface area contributed by atoms with Crippen LogP contribution in [0, 0.1) is 0 Å². The second-order valence-corrected chi connectivity index (χ2v) is 8.88. The molecule has 0 heterocycles. The molecule has 0 saturated carbocycles. The molecule has 0 nitrogen and oxygen atoms in total. The lowest BCUT2D eigenvalue weighted by molar-refractivity contribution is 1.08. The summed E-state index contributed by atoms with van der Waals surface area (Å²) in [7, 11) is 0. The molecule has 0 fully saturated rings. The first-order valence-electron chi connectivity index (χ1n) is 12.6. The van der Waals surface area contributed by atoms with Crippen LogP contribution in [0.4, 0.5) is 0 Å². The summed E-state index contributed by atoms with van der Waals surface area (Å²) in [5.41, 5.74) is 23.7. The van der Waals surface area contributed by atoms with Crippen molar-refractivity contribution < 1.29 is 0 Å². The summed E-state index contributed by atoms with van der Waals surface area (Å²) in [4.78, 5) is 0. The van der Waals surface area contributed by atoms with Crippen LogP contribution in [0.5, 0.6) is 0 Å². The normalized spacial score (nSPS) is 14.0. The van der Waals surface area contributed by atoms with Gasteiger partial charge in [-0.25, -0.2) is 0 Å². The molecule has 0 radical (unpaired) electrons. The van der Waals surface area contributed by atoms with Crippen LogP contribution >= 0.6 is 0 Å². The standard InChI is InChI=1S/C36H28/c1-5-13-29(14-6-1)33-21-23-34(30-15-7-2-8-16-30)25-27-36(32-19-11-4-12-20-32)28-26-35(24-22-33)31-17-9-3-10-18-31/h1-20H,21,23,26,28H2. The fourth-order valence-electron chi connectivity index (χ4n) is 4.48. The lowest BCUT2D eigenvalue weighted by Crippen LogP contribution is -1.90. The number of hydrogen-bond donors (Lipinski definition) is 0. The Kier molecular flexibility index (Phi) is 7.58. The molecule has 4 aromatic rings. The molecule has 0 bridgehead atoms. The molecule has 0 amide bonds. The van der Waals surface area contributed by atoms with Crippen molar-refractivity contribution in [1.82, 2.24) is 0 Å². The van der Waals surface area contributed by atoms with Crippen molar-refractivity contribution in [3.05, 3.63) is 167 Å². The van der Waals surface area contributed by atoms with Crippen molar-refractivity contribution in [2.45, 2.75) is 25.7 Å². The summed E-state index contributed by atoms with van der Waals surface area (Å²) in [6.07, 6.45) is 3.38. The highest BCUT2D eigenvalue weighted by Gasteiger charge is 2.09. The Morgan fingerprint density at radius 2 is 0.472 bits per heavy atom. The van der Waals surface area contributed by atoms with Crippen molar-refractivity contribution in [3.8, 4) is 0 Å². The summed E-state index contributed by atoms with van der Waals surface area (Å²) >= 11 is 0. The highest BCUT2D eigenvalue weighted by molar-refractivity contribution is 5.75. The minimum absolute atomic E-state index is 0.846. The third-order valence-corrected chi connectivity index (χ3v) is 6.47. The van der Waals surface area contributed by atoms with Gasteiger partial charge in [-0.1, -0.05) is 144 Å². The van der Waals surface area contributed by atoms with Gasteiger partial charge in [-0.05, 0) is 47.9 Å². The van der Waals surface area contributed by atoms with E-state index in [1.165, 1.54) is 22.3 Å². The van der Waals surface area contributed by atoms with E-state index in [1.54, 1.807) is 0 Å². The summed E-state index contributed by atoms with van der Waals surface area (Å²) in [6.45, 7) is 0. The van der Waals surface area contributed by atoms with E-state index in [-0.39, 0.29) is 0 Å². The van der Waals surface area contributed by atoms with Crippen LogP contribution in [-0.2, 0) is 0 Å². The fraction of sp³-hybridized carbons (Fsp3) is 0.111. The van der Waals surface area contributed by atoms with Crippen molar-refractivity contribution in [1.29, 1.82) is 0 Å². The largest absolute Gasteiger partial charge is 0.0658 e. The molecule has 0 heteroatoms. The zero-order valence-electron chi connectivity index (χ0n) is 20.4. The van der Waals surface area contributed by atoms with Crippen LogP contribution in [0.2, 0.25) is 0 Å². The van der Waals surface area contributed by atoms with E-state index in [2.05, 4.69) is 144 Å². The number of hydrogen-bond acceptors (Lipinski definition) is 0. The average molecular weight is 461 g/mol. The monoisotopic (exact) mass is 460 g/mol. The van der Waals surface area contributed by atoms with Crippen molar-refractivity contribution in [3.63, 3.8) is 0 Å². The third-order valence-electron chi connectivity index (χ3n) is 6.47. The maximum absolute atomic E-state index is 3.59. The molecule has 0 spiro atoms. The lowest BCUT2D eigenvalue weighted by atomic mass is 9.93. The van der Waals surface area contributed by atoms with Gasteiger partial charge >= 0.3 is 0 Å². The first-order valence-corrected chi connectivity index (χ1v) is 12.6. The molecule has 0 unspecified atom stereocenters. The molecule has 4 aromatic carbocycles. The van der Waals surface area contributed by atoms with Gasteiger partial charge in [0.05, 0.1) is 0 Å². The smallest absolute Gasteiger partial charge is 0.00998 e. The fourth-order valence-corrected chi connectivity index (χ4v) is 4.48. The van der Waals surface area contributed by atoms with Crippen molar-refractivity contribution in [2.75, 3.05) is 0 Å². The second kappa shape index (κ2) is 11.8. The van der Waals surface area contributed by atoms with Gasteiger partial charge < -0.3 is 0 Å². The Labute approximate surface area is 214 Å². The molecule has 0 saturated heterocycles. The predicted molar refractivity (Wildman–Crippen MR) is 152 cm³/mol. The van der Waals surface area contributed by atoms with E-state index >= 15 is 0 Å². The van der Waals surface area contributed by atoms with E-state index in [4.69, 9.17) is 0 Å². The Hall–Kier alpha value is -4.52. The van der Waals surface area contributed by atoms with Crippen LogP contribution in [0.3, 0.4) is 0 Å². The molecule has 0 atom stereocenters. The maximum atomic E-state index is 3.59. The van der Waals surface area contributed by atoms with Crippen LogP contribution in [-0.4, -0.2) is 0 Å². The van der Waals surface area contributed by atoms with Gasteiger partial charge in [0.1, 0.15) is 0 Å². The number of rotatable bonds is 4. The molecule has 36 heavy (non-hydrogen) atoms. The van der Waals surface area contributed by atoms with Crippen molar-refractivity contribution in [2.24, 2.45) is 0 Å². The van der Waals surface area contributed by atoms with E-state index in [0.717, 1.165) is 48.0 Å².